The topological polar surface area (TPSA) is 84.9 Å². The predicted molar refractivity (Wildman–Crippen MR) is 113 cm³/mol. The highest BCUT2D eigenvalue weighted by molar-refractivity contribution is 7.92. The number of nitrogens with zero attached hydrogens (tertiary/aromatic N) is 1. The Hall–Kier alpha value is -2.16. The Bertz CT molecular complexity index is 1030. The molecule has 0 aliphatic carbocycles. The van der Waals surface area contributed by atoms with E-state index in [1.807, 2.05) is 6.07 Å². The third-order valence-corrected chi connectivity index (χ3v) is 6.27. The molecule has 1 atom stereocenters. The summed E-state index contributed by atoms with van der Waals surface area (Å²) >= 11 is 12.1. The normalized spacial score (nSPS) is 14.2. The van der Waals surface area contributed by atoms with Gasteiger partial charge < -0.3 is 14.8 Å². The minimum atomic E-state index is -3.77. The Labute approximate surface area is 179 Å². The van der Waals surface area contributed by atoms with Crippen LogP contribution in [0.4, 0.5) is 5.69 Å². The molecule has 0 aromatic heterocycles. The van der Waals surface area contributed by atoms with E-state index >= 15 is 0 Å². The summed E-state index contributed by atoms with van der Waals surface area (Å²) in [4.78, 5) is 12.6. The molecule has 7 nitrogen and oxygen atoms in total. The maximum atomic E-state index is 12.6. The van der Waals surface area contributed by atoms with Crippen LogP contribution in [0, 0.1) is 0 Å². The lowest BCUT2D eigenvalue weighted by Gasteiger charge is -2.25. The van der Waals surface area contributed by atoms with Gasteiger partial charge in [0.1, 0.15) is 19.8 Å². The molecule has 0 saturated heterocycles. The van der Waals surface area contributed by atoms with Crippen molar-refractivity contribution in [2.24, 2.45) is 0 Å². The Morgan fingerprint density at radius 1 is 1.17 bits per heavy atom. The Morgan fingerprint density at radius 2 is 1.86 bits per heavy atom. The second-order valence-corrected chi connectivity index (χ2v) is 9.23. The molecule has 2 aromatic rings. The highest BCUT2D eigenvalue weighted by Crippen LogP contribution is 2.34. The molecule has 1 N–H and O–H groups in total. The molecule has 0 radical (unpaired) electrons. The summed E-state index contributed by atoms with van der Waals surface area (Å²) < 4.78 is 36.5. The van der Waals surface area contributed by atoms with Crippen LogP contribution in [0.15, 0.2) is 36.4 Å². The maximum Gasteiger partial charge on any atom is 0.241 e. The van der Waals surface area contributed by atoms with Crippen LogP contribution < -0.4 is 19.1 Å². The number of carbonyl (C=O) groups excluding carboxylic acids is 1. The zero-order chi connectivity index (χ0) is 21.2. The average Bonchev–Trinajstić information content (AvgIpc) is 2.67. The van der Waals surface area contributed by atoms with Gasteiger partial charge in [0, 0.05) is 0 Å². The zero-order valence-electron chi connectivity index (χ0n) is 15.8. The van der Waals surface area contributed by atoms with Crippen molar-refractivity contribution in [3.05, 3.63) is 52.0 Å². The van der Waals surface area contributed by atoms with Crippen LogP contribution in [0.5, 0.6) is 11.5 Å². The number of carbonyl (C=O) groups is 1. The molecule has 2 aromatic carbocycles. The minimum Gasteiger partial charge on any atom is -0.486 e. The number of benzene rings is 2. The number of anilines is 1. The molecule has 1 amide bonds. The molecule has 0 unspecified atom stereocenters. The molecule has 29 heavy (non-hydrogen) atoms. The van der Waals surface area contributed by atoms with Gasteiger partial charge >= 0.3 is 0 Å². The van der Waals surface area contributed by atoms with Gasteiger partial charge in [0.05, 0.1) is 28.0 Å². The van der Waals surface area contributed by atoms with Gasteiger partial charge in [-0.1, -0.05) is 35.3 Å². The van der Waals surface area contributed by atoms with E-state index in [2.05, 4.69) is 5.32 Å². The van der Waals surface area contributed by atoms with Crippen molar-refractivity contribution >= 4 is 44.8 Å². The SMILES string of the molecule is C[C@H](NC(=O)CN(c1cccc(Cl)c1Cl)S(C)(=O)=O)c1ccc2c(c1)OCCO2. The van der Waals surface area contributed by atoms with E-state index in [0.29, 0.717) is 24.7 Å². The van der Waals surface area contributed by atoms with Gasteiger partial charge in [-0.25, -0.2) is 8.42 Å². The average molecular weight is 459 g/mol. The number of amides is 1. The number of ether oxygens (including phenoxy) is 2. The lowest BCUT2D eigenvalue weighted by atomic mass is 10.1. The van der Waals surface area contributed by atoms with Crippen LogP contribution in [0.1, 0.15) is 18.5 Å². The molecule has 1 heterocycles. The molecule has 0 fully saturated rings. The molecular weight excluding hydrogens is 439 g/mol. The summed E-state index contributed by atoms with van der Waals surface area (Å²) in [5.74, 6) is 0.768. The Kier molecular flexibility index (Phi) is 6.45. The van der Waals surface area contributed by atoms with E-state index in [1.165, 1.54) is 12.1 Å². The first-order chi connectivity index (χ1) is 13.7. The van der Waals surface area contributed by atoms with Crippen LogP contribution in [-0.2, 0) is 14.8 Å². The van der Waals surface area contributed by atoms with E-state index in [9.17, 15) is 13.2 Å². The van der Waals surface area contributed by atoms with Gasteiger partial charge in [-0.05, 0) is 36.8 Å². The van der Waals surface area contributed by atoms with Crippen LogP contribution in [0.25, 0.3) is 0 Å². The summed E-state index contributed by atoms with van der Waals surface area (Å²) in [6, 6.07) is 9.61. The summed E-state index contributed by atoms with van der Waals surface area (Å²) in [6.45, 7) is 2.31. The molecule has 1 aliphatic rings. The number of fused-ring (bicyclic) bond motifs is 1. The predicted octanol–water partition coefficient (Wildman–Crippen LogP) is 3.41. The lowest BCUT2D eigenvalue weighted by molar-refractivity contribution is -0.120. The second-order valence-electron chi connectivity index (χ2n) is 6.53. The Morgan fingerprint density at radius 3 is 2.55 bits per heavy atom. The minimum absolute atomic E-state index is 0.0623. The summed E-state index contributed by atoms with van der Waals surface area (Å²) in [7, 11) is -3.77. The first kappa shape index (κ1) is 21.5. The van der Waals surface area contributed by atoms with Gasteiger partial charge in [0.15, 0.2) is 11.5 Å². The number of rotatable bonds is 6. The number of nitrogens with one attached hydrogen (secondary N) is 1. The molecule has 156 valence electrons. The van der Waals surface area contributed by atoms with Crippen LogP contribution in [0.3, 0.4) is 0 Å². The van der Waals surface area contributed by atoms with Gasteiger partial charge in [-0.3, -0.25) is 9.10 Å². The molecule has 3 rings (SSSR count). The number of hydrogen-bond donors (Lipinski definition) is 1. The third-order valence-electron chi connectivity index (χ3n) is 4.33. The first-order valence-electron chi connectivity index (χ1n) is 8.77. The van der Waals surface area contributed by atoms with E-state index in [4.69, 9.17) is 32.7 Å². The standard InChI is InChI=1S/C19H20Cl2N2O5S/c1-12(13-6-7-16-17(10-13)28-9-8-27-16)22-18(24)11-23(29(2,25)26)15-5-3-4-14(20)19(15)21/h3-7,10,12H,8-9,11H2,1-2H3,(H,22,24)/t12-/m0/s1. The van der Waals surface area contributed by atoms with E-state index < -0.39 is 22.5 Å². The van der Waals surface area contributed by atoms with Crippen molar-refractivity contribution in [2.75, 3.05) is 30.3 Å². The Balaban J connectivity index is 1.76. The summed E-state index contributed by atoms with van der Waals surface area (Å²) in [5.41, 5.74) is 0.943. The monoisotopic (exact) mass is 458 g/mol. The number of halogens is 2. The fourth-order valence-corrected chi connectivity index (χ4v) is 4.21. The smallest absolute Gasteiger partial charge is 0.241 e. The largest absolute Gasteiger partial charge is 0.486 e. The first-order valence-corrected chi connectivity index (χ1v) is 11.4. The van der Waals surface area contributed by atoms with Gasteiger partial charge in [0.25, 0.3) is 0 Å². The highest BCUT2D eigenvalue weighted by atomic mass is 35.5. The van der Waals surface area contributed by atoms with Crippen molar-refractivity contribution in [1.29, 1.82) is 0 Å². The molecule has 1 aliphatic heterocycles. The van der Waals surface area contributed by atoms with Crippen molar-refractivity contribution in [2.45, 2.75) is 13.0 Å². The zero-order valence-corrected chi connectivity index (χ0v) is 18.1. The van der Waals surface area contributed by atoms with Crippen molar-refractivity contribution in [1.82, 2.24) is 5.32 Å². The molecule has 0 bridgehead atoms. The summed E-state index contributed by atoms with van der Waals surface area (Å²) in [5, 5.41) is 3.05. The van der Waals surface area contributed by atoms with Crippen LogP contribution in [-0.4, -0.2) is 40.3 Å². The van der Waals surface area contributed by atoms with Crippen molar-refractivity contribution in [3.63, 3.8) is 0 Å². The second kappa shape index (κ2) is 8.69. The fraction of sp³-hybridized carbons (Fsp3) is 0.316. The van der Waals surface area contributed by atoms with Gasteiger partial charge in [0.2, 0.25) is 15.9 Å². The van der Waals surface area contributed by atoms with E-state index in [1.54, 1.807) is 25.1 Å². The molecule has 0 saturated carbocycles. The third kappa shape index (κ3) is 5.07. The highest BCUT2D eigenvalue weighted by Gasteiger charge is 2.25. The molecular formula is C19H20Cl2N2O5S. The fourth-order valence-electron chi connectivity index (χ4n) is 2.90. The quantitative estimate of drug-likeness (QED) is 0.716. The number of sulfonamides is 1. The lowest BCUT2D eigenvalue weighted by Crippen LogP contribution is -2.41. The maximum absolute atomic E-state index is 12.6. The van der Waals surface area contributed by atoms with Gasteiger partial charge in [-0.15, -0.1) is 0 Å². The van der Waals surface area contributed by atoms with Gasteiger partial charge in [-0.2, -0.15) is 0 Å². The summed E-state index contributed by atoms with van der Waals surface area (Å²) in [6.07, 6.45) is 1.00. The van der Waals surface area contributed by atoms with Crippen LogP contribution in [0.2, 0.25) is 10.0 Å². The van der Waals surface area contributed by atoms with E-state index in [-0.39, 0.29) is 21.8 Å². The van der Waals surface area contributed by atoms with E-state index in [0.717, 1.165) is 16.1 Å². The molecule has 10 heteroatoms. The number of hydrogen-bond acceptors (Lipinski definition) is 5. The van der Waals surface area contributed by atoms with Crippen molar-refractivity contribution in [3.8, 4) is 11.5 Å². The van der Waals surface area contributed by atoms with Crippen LogP contribution >= 0.6 is 23.2 Å². The molecule has 0 spiro atoms. The van der Waals surface area contributed by atoms with Crippen molar-refractivity contribution < 1.29 is 22.7 Å².